The van der Waals surface area contributed by atoms with Crippen LogP contribution >= 0.6 is 0 Å². The highest BCUT2D eigenvalue weighted by Crippen LogP contribution is 2.65. The number of hydrogen-bond acceptors (Lipinski definition) is 8. The van der Waals surface area contributed by atoms with Crippen LogP contribution in [0.2, 0.25) is 18.1 Å². The molecule has 41 heavy (non-hydrogen) atoms. The van der Waals surface area contributed by atoms with Crippen LogP contribution < -0.4 is 14.5 Å². The fourth-order valence-corrected chi connectivity index (χ4v) is 7.72. The van der Waals surface area contributed by atoms with Crippen LogP contribution in [-0.2, 0) is 26.1 Å². The minimum absolute atomic E-state index is 0.00735. The highest BCUT2D eigenvalue weighted by molar-refractivity contribution is 6.74. The number of nitrogens with zero attached hydrogens (tertiary/aromatic N) is 1. The second-order valence-corrected chi connectivity index (χ2v) is 19.3. The molecule has 2 aliphatic heterocycles. The second kappa shape index (κ2) is 9.74. The SMILES string of the molecule is CN1CC[C@]23c4c5ccc(O[Si](C)(C)C(C)(C)C)c4O[C@H]2C(OC(=O)CCNC(=O)OC(C)(C)C)=CC[C@@]3(O)[C@H]1C5. The van der Waals surface area contributed by atoms with Crippen molar-refractivity contribution in [3.8, 4) is 11.5 Å². The molecule has 1 aromatic rings. The number of amides is 1. The molecular formula is C31H46N2O7Si. The summed E-state index contributed by atoms with van der Waals surface area (Å²) in [5, 5.41) is 15.1. The first-order valence-electron chi connectivity index (χ1n) is 14.7. The van der Waals surface area contributed by atoms with Gasteiger partial charge in [-0.2, -0.15) is 0 Å². The van der Waals surface area contributed by atoms with Gasteiger partial charge in [-0.15, -0.1) is 0 Å². The lowest BCUT2D eigenvalue weighted by atomic mass is 9.50. The summed E-state index contributed by atoms with van der Waals surface area (Å²) in [4.78, 5) is 27.2. The smallest absolute Gasteiger partial charge is 0.407 e. The minimum Gasteiger partial charge on any atom is -0.541 e. The zero-order valence-electron chi connectivity index (χ0n) is 26.0. The van der Waals surface area contributed by atoms with Crippen LogP contribution in [0.5, 0.6) is 11.5 Å². The average Bonchev–Trinajstić information content (AvgIpc) is 3.18. The predicted octanol–water partition coefficient (Wildman–Crippen LogP) is 4.81. The van der Waals surface area contributed by atoms with E-state index < -0.39 is 43.1 Å². The van der Waals surface area contributed by atoms with Crippen molar-refractivity contribution in [3.63, 3.8) is 0 Å². The van der Waals surface area contributed by atoms with Gasteiger partial charge in [-0.25, -0.2) is 4.79 Å². The summed E-state index contributed by atoms with van der Waals surface area (Å²) in [6, 6.07) is 4.06. The van der Waals surface area contributed by atoms with Crippen molar-refractivity contribution in [3.05, 3.63) is 35.1 Å². The summed E-state index contributed by atoms with van der Waals surface area (Å²) in [7, 11) is -0.128. The molecule has 1 fully saturated rings. The number of benzene rings is 1. The van der Waals surface area contributed by atoms with Crippen molar-refractivity contribution in [2.75, 3.05) is 20.1 Å². The third-order valence-corrected chi connectivity index (χ3v) is 14.1. The number of alkyl carbamates (subject to hydrolysis) is 1. The molecule has 226 valence electrons. The van der Waals surface area contributed by atoms with Crippen molar-refractivity contribution in [2.45, 2.75) is 114 Å². The monoisotopic (exact) mass is 586 g/mol. The van der Waals surface area contributed by atoms with Gasteiger partial charge in [0.15, 0.2) is 11.9 Å². The molecular weight excluding hydrogens is 540 g/mol. The maximum atomic E-state index is 13.0. The summed E-state index contributed by atoms with van der Waals surface area (Å²) in [6.07, 6.45) is 2.29. The molecule has 5 rings (SSSR count). The lowest BCUT2D eigenvalue weighted by Gasteiger charge is -2.61. The normalized spacial score (nSPS) is 28.7. The van der Waals surface area contributed by atoms with Crippen LogP contribution in [0.15, 0.2) is 24.0 Å². The van der Waals surface area contributed by atoms with Crippen LogP contribution in [-0.4, -0.2) is 73.9 Å². The Morgan fingerprint density at radius 3 is 2.56 bits per heavy atom. The maximum Gasteiger partial charge on any atom is 0.407 e. The van der Waals surface area contributed by atoms with Gasteiger partial charge >= 0.3 is 12.1 Å². The molecule has 4 atom stereocenters. The zero-order chi connectivity index (χ0) is 30.2. The summed E-state index contributed by atoms with van der Waals surface area (Å²) in [5.41, 5.74) is -0.286. The lowest BCUT2D eigenvalue weighted by molar-refractivity contribution is -0.169. The van der Waals surface area contributed by atoms with Gasteiger partial charge in [-0.1, -0.05) is 26.8 Å². The van der Waals surface area contributed by atoms with E-state index in [9.17, 15) is 14.7 Å². The number of hydrogen-bond donors (Lipinski definition) is 2. The van der Waals surface area contributed by atoms with E-state index in [1.807, 2.05) is 12.1 Å². The van der Waals surface area contributed by atoms with Gasteiger partial charge in [-0.3, -0.25) is 4.79 Å². The molecule has 9 nitrogen and oxygen atoms in total. The van der Waals surface area contributed by atoms with E-state index in [1.165, 1.54) is 0 Å². The zero-order valence-corrected chi connectivity index (χ0v) is 27.0. The average molecular weight is 587 g/mol. The van der Waals surface area contributed by atoms with Gasteiger partial charge in [0, 0.05) is 24.6 Å². The number of ether oxygens (including phenoxy) is 3. The molecule has 0 radical (unpaired) electrons. The maximum absolute atomic E-state index is 13.0. The third kappa shape index (κ3) is 4.85. The topological polar surface area (TPSA) is 107 Å². The number of piperidine rings is 1. The third-order valence-electron chi connectivity index (χ3n) is 9.74. The van der Waals surface area contributed by atoms with Gasteiger partial charge in [0.1, 0.15) is 17.1 Å². The molecule has 1 amide bonds. The van der Waals surface area contributed by atoms with Crippen molar-refractivity contribution in [1.82, 2.24) is 10.2 Å². The molecule has 10 heteroatoms. The number of carbonyl (C=O) groups excluding carboxylic acids is 2. The van der Waals surface area contributed by atoms with Gasteiger partial charge < -0.3 is 34.0 Å². The standard InChI is InChI=1S/C31H46N2O7Si/c1-28(2,3)39-27(35)32-16-13-23(34)37-21-12-14-31(36)22-18-19-10-11-20(40-41(8,9)29(4,5)6)25-24(19)30(31,26(21)38-25)15-17-33(22)7/h10-12,22,26,36H,13-18H2,1-9H3,(H,32,35)/t22-,26+,30+,31-/m1/s1. The van der Waals surface area contributed by atoms with E-state index >= 15 is 0 Å². The molecule has 1 saturated heterocycles. The number of likely N-dealkylation sites (tertiary alicyclic amines) is 1. The van der Waals surface area contributed by atoms with Crippen molar-refractivity contribution in [2.24, 2.45) is 0 Å². The fraction of sp³-hybridized carbons (Fsp3) is 0.677. The van der Waals surface area contributed by atoms with Gasteiger partial charge in [0.05, 0.1) is 17.4 Å². The van der Waals surface area contributed by atoms with E-state index in [4.69, 9.17) is 18.6 Å². The number of rotatable bonds is 6. The molecule has 1 aromatic carbocycles. The molecule has 0 aromatic heterocycles. The van der Waals surface area contributed by atoms with Gasteiger partial charge in [0.25, 0.3) is 8.32 Å². The first-order chi connectivity index (χ1) is 18.9. The Bertz CT molecular complexity index is 1280. The molecule has 2 heterocycles. The summed E-state index contributed by atoms with van der Waals surface area (Å²) in [5.74, 6) is 1.31. The quantitative estimate of drug-likeness (QED) is 0.362. The Hall–Kier alpha value is -2.56. The largest absolute Gasteiger partial charge is 0.541 e. The van der Waals surface area contributed by atoms with Crippen LogP contribution in [0.4, 0.5) is 4.79 Å². The Morgan fingerprint density at radius 2 is 1.90 bits per heavy atom. The molecule has 2 bridgehead atoms. The van der Waals surface area contributed by atoms with E-state index in [0.29, 0.717) is 36.5 Å². The fourth-order valence-electron chi connectivity index (χ4n) is 6.70. The molecule has 0 unspecified atom stereocenters. The molecule has 2 N–H and O–H groups in total. The Kier molecular flexibility index (Phi) is 7.11. The van der Waals surface area contributed by atoms with Crippen LogP contribution in [0, 0.1) is 0 Å². The molecule has 0 saturated carbocycles. The summed E-state index contributed by atoms with van der Waals surface area (Å²) >= 11 is 0. The van der Waals surface area contributed by atoms with E-state index in [-0.39, 0.29) is 24.0 Å². The van der Waals surface area contributed by atoms with E-state index in [1.54, 1.807) is 20.8 Å². The molecule has 4 aliphatic rings. The number of esters is 1. The molecule has 2 aliphatic carbocycles. The number of carbonyl (C=O) groups is 2. The first kappa shape index (κ1) is 29.9. The second-order valence-electron chi connectivity index (χ2n) is 14.6. The Morgan fingerprint density at radius 1 is 1.20 bits per heavy atom. The van der Waals surface area contributed by atoms with Crippen molar-refractivity contribution in [1.29, 1.82) is 0 Å². The Labute approximate surface area is 244 Å². The van der Waals surface area contributed by atoms with Crippen molar-refractivity contribution < 1.29 is 33.3 Å². The lowest BCUT2D eigenvalue weighted by Crippen LogP contribution is -2.74. The van der Waals surface area contributed by atoms with Crippen LogP contribution in [0.3, 0.4) is 0 Å². The van der Waals surface area contributed by atoms with E-state index in [0.717, 1.165) is 17.7 Å². The van der Waals surface area contributed by atoms with Crippen molar-refractivity contribution >= 4 is 20.4 Å². The molecule has 1 spiro atoms. The first-order valence-corrected chi connectivity index (χ1v) is 17.6. The van der Waals surface area contributed by atoms with E-state index in [2.05, 4.69) is 57.2 Å². The summed E-state index contributed by atoms with van der Waals surface area (Å²) < 4.78 is 24.7. The highest BCUT2D eigenvalue weighted by Gasteiger charge is 2.72. The predicted molar refractivity (Wildman–Crippen MR) is 158 cm³/mol. The number of likely N-dealkylation sites (N-methyl/N-ethyl adjacent to an activating group) is 1. The minimum atomic E-state index is -2.20. The van der Waals surface area contributed by atoms with Gasteiger partial charge in [0.2, 0.25) is 0 Å². The van der Waals surface area contributed by atoms with Gasteiger partial charge in [-0.05, 0) is 83.0 Å². The Balaban J connectivity index is 1.45. The highest BCUT2D eigenvalue weighted by atomic mass is 28.4. The number of nitrogens with one attached hydrogen (secondary N) is 1. The van der Waals surface area contributed by atoms with Crippen LogP contribution in [0.1, 0.15) is 71.9 Å². The summed E-state index contributed by atoms with van der Waals surface area (Å²) in [6.45, 7) is 17.2. The number of aliphatic hydroxyl groups is 1. The van der Waals surface area contributed by atoms with Crippen LogP contribution in [0.25, 0.3) is 0 Å².